The molecule has 0 radical (unpaired) electrons. The summed E-state index contributed by atoms with van der Waals surface area (Å²) in [7, 11) is 0. The lowest BCUT2D eigenvalue weighted by Crippen LogP contribution is -2.30. The third-order valence-corrected chi connectivity index (χ3v) is 4.25. The van der Waals surface area contributed by atoms with E-state index in [2.05, 4.69) is 11.1 Å². The number of anilines is 1. The highest BCUT2D eigenvalue weighted by Gasteiger charge is 2.24. The number of pyridine rings is 1. The minimum atomic E-state index is 0.142. The van der Waals surface area contributed by atoms with Crippen molar-refractivity contribution < 1.29 is 4.79 Å². The second kappa shape index (κ2) is 5.26. The van der Waals surface area contributed by atoms with Crippen LogP contribution in [0.25, 0.3) is 10.9 Å². The van der Waals surface area contributed by atoms with E-state index in [1.807, 2.05) is 53.4 Å². The Morgan fingerprint density at radius 2 is 1.91 bits per heavy atom. The van der Waals surface area contributed by atoms with Gasteiger partial charge in [0.15, 0.2) is 0 Å². The van der Waals surface area contributed by atoms with Crippen molar-refractivity contribution in [3.8, 4) is 0 Å². The fraction of sp³-hybridized carbons (Fsp3) is 0.158. The number of benzene rings is 2. The Morgan fingerprint density at radius 3 is 2.86 bits per heavy atom. The van der Waals surface area contributed by atoms with Gasteiger partial charge in [-0.2, -0.15) is 0 Å². The maximum atomic E-state index is 12.7. The number of para-hydroxylation sites is 2. The molecular weight excluding hydrogens is 272 g/mol. The smallest absolute Gasteiger partial charge is 0.231 e. The van der Waals surface area contributed by atoms with Crippen LogP contribution < -0.4 is 4.90 Å². The number of rotatable bonds is 2. The van der Waals surface area contributed by atoms with E-state index in [1.165, 1.54) is 5.56 Å². The molecule has 0 aliphatic carbocycles. The highest BCUT2D eigenvalue weighted by atomic mass is 16.2. The molecule has 0 spiro atoms. The molecule has 0 saturated heterocycles. The van der Waals surface area contributed by atoms with Gasteiger partial charge in [0.25, 0.3) is 0 Å². The molecule has 0 unspecified atom stereocenters. The zero-order valence-electron chi connectivity index (χ0n) is 12.2. The SMILES string of the molecule is O=C(Cc1cccc2cccnc12)N1CCc2ccccc21. The molecule has 1 amide bonds. The van der Waals surface area contributed by atoms with Crippen LogP contribution in [0.5, 0.6) is 0 Å². The molecule has 3 heteroatoms. The molecule has 1 aliphatic heterocycles. The Hall–Kier alpha value is -2.68. The molecule has 4 rings (SSSR count). The molecule has 3 nitrogen and oxygen atoms in total. The molecular formula is C19H16N2O. The number of amides is 1. The van der Waals surface area contributed by atoms with Gasteiger partial charge in [-0.1, -0.05) is 42.5 Å². The van der Waals surface area contributed by atoms with Gasteiger partial charge >= 0.3 is 0 Å². The fourth-order valence-electron chi connectivity index (χ4n) is 3.17. The Kier molecular flexibility index (Phi) is 3.11. The first-order valence-corrected chi connectivity index (χ1v) is 7.54. The lowest BCUT2D eigenvalue weighted by Gasteiger charge is -2.17. The fourth-order valence-corrected chi connectivity index (χ4v) is 3.17. The normalized spacial score (nSPS) is 13.4. The van der Waals surface area contributed by atoms with Crippen molar-refractivity contribution in [3.05, 3.63) is 71.9 Å². The van der Waals surface area contributed by atoms with Crippen LogP contribution in [0.3, 0.4) is 0 Å². The largest absolute Gasteiger partial charge is 0.312 e. The van der Waals surface area contributed by atoms with E-state index in [0.717, 1.165) is 35.1 Å². The van der Waals surface area contributed by atoms with Gasteiger partial charge in [-0.3, -0.25) is 9.78 Å². The van der Waals surface area contributed by atoms with Crippen molar-refractivity contribution in [2.24, 2.45) is 0 Å². The van der Waals surface area contributed by atoms with Crippen LogP contribution in [-0.4, -0.2) is 17.4 Å². The minimum Gasteiger partial charge on any atom is -0.312 e. The van der Waals surface area contributed by atoms with Crippen LogP contribution in [0, 0.1) is 0 Å². The number of fused-ring (bicyclic) bond motifs is 2. The summed E-state index contributed by atoms with van der Waals surface area (Å²) >= 11 is 0. The Bertz CT molecular complexity index is 851. The summed E-state index contributed by atoms with van der Waals surface area (Å²) in [5.74, 6) is 0.142. The average molecular weight is 288 g/mol. The van der Waals surface area contributed by atoms with Crippen LogP contribution in [-0.2, 0) is 17.6 Å². The number of nitrogens with zero attached hydrogens (tertiary/aromatic N) is 2. The lowest BCUT2D eigenvalue weighted by molar-refractivity contribution is -0.117. The summed E-state index contributed by atoms with van der Waals surface area (Å²) < 4.78 is 0. The van der Waals surface area contributed by atoms with E-state index in [4.69, 9.17) is 0 Å². The molecule has 0 fully saturated rings. The molecule has 1 aliphatic rings. The summed E-state index contributed by atoms with van der Waals surface area (Å²) in [4.78, 5) is 19.1. The van der Waals surface area contributed by atoms with E-state index in [9.17, 15) is 4.79 Å². The highest BCUT2D eigenvalue weighted by Crippen LogP contribution is 2.28. The molecule has 2 aromatic carbocycles. The van der Waals surface area contributed by atoms with Crippen LogP contribution in [0.1, 0.15) is 11.1 Å². The predicted molar refractivity (Wildman–Crippen MR) is 87.9 cm³/mol. The maximum absolute atomic E-state index is 12.7. The van der Waals surface area contributed by atoms with Crippen LogP contribution in [0.15, 0.2) is 60.8 Å². The van der Waals surface area contributed by atoms with E-state index >= 15 is 0 Å². The summed E-state index contributed by atoms with van der Waals surface area (Å²) in [6.07, 6.45) is 3.11. The van der Waals surface area contributed by atoms with Gasteiger partial charge in [-0.25, -0.2) is 0 Å². The predicted octanol–water partition coefficient (Wildman–Crippen LogP) is 3.37. The summed E-state index contributed by atoms with van der Waals surface area (Å²) in [6, 6.07) is 18.1. The van der Waals surface area contributed by atoms with E-state index in [-0.39, 0.29) is 5.91 Å². The average Bonchev–Trinajstić information content (AvgIpc) is 2.99. The Labute approximate surface area is 129 Å². The third-order valence-electron chi connectivity index (χ3n) is 4.25. The quantitative estimate of drug-likeness (QED) is 0.724. The van der Waals surface area contributed by atoms with Crippen molar-refractivity contribution in [3.63, 3.8) is 0 Å². The molecule has 0 N–H and O–H groups in total. The number of aromatic nitrogens is 1. The molecule has 108 valence electrons. The maximum Gasteiger partial charge on any atom is 0.231 e. The van der Waals surface area contributed by atoms with Gasteiger partial charge in [-0.05, 0) is 29.7 Å². The lowest BCUT2D eigenvalue weighted by atomic mass is 10.1. The zero-order valence-corrected chi connectivity index (χ0v) is 12.2. The van der Waals surface area contributed by atoms with Gasteiger partial charge < -0.3 is 4.90 Å². The molecule has 22 heavy (non-hydrogen) atoms. The third kappa shape index (κ3) is 2.15. The van der Waals surface area contributed by atoms with Crippen molar-refractivity contribution in [1.82, 2.24) is 4.98 Å². The van der Waals surface area contributed by atoms with Gasteiger partial charge in [-0.15, -0.1) is 0 Å². The zero-order chi connectivity index (χ0) is 14.9. The van der Waals surface area contributed by atoms with Crippen molar-refractivity contribution in [2.75, 3.05) is 11.4 Å². The van der Waals surface area contributed by atoms with Crippen LogP contribution in [0.2, 0.25) is 0 Å². The van der Waals surface area contributed by atoms with Gasteiger partial charge in [0.2, 0.25) is 5.91 Å². The molecule has 3 aromatic rings. The first kappa shape index (κ1) is 13.0. The summed E-state index contributed by atoms with van der Waals surface area (Å²) in [5.41, 5.74) is 4.23. The highest BCUT2D eigenvalue weighted by molar-refractivity contribution is 5.98. The molecule has 0 atom stereocenters. The number of carbonyl (C=O) groups is 1. The first-order chi connectivity index (χ1) is 10.8. The Balaban J connectivity index is 1.65. The van der Waals surface area contributed by atoms with E-state index in [1.54, 1.807) is 6.20 Å². The summed E-state index contributed by atoms with van der Waals surface area (Å²) in [6.45, 7) is 0.774. The number of carbonyl (C=O) groups excluding carboxylic acids is 1. The second-order valence-electron chi connectivity index (χ2n) is 5.59. The first-order valence-electron chi connectivity index (χ1n) is 7.54. The number of hydrogen-bond donors (Lipinski definition) is 0. The van der Waals surface area contributed by atoms with Crippen molar-refractivity contribution in [2.45, 2.75) is 12.8 Å². The molecule has 0 bridgehead atoms. The monoisotopic (exact) mass is 288 g/mol. The summed E-state index contributed by atoms with van der Waals surface area (Å²) in [5, 5.41) is 1.08. The van der Waals surface area contributed by atoms with Crippen LogP contribution >= 0.6 is 0 Å². The standard InChI is InChI=1S/C19H16N2O/c22-18(21-12-10-14-5-1-2-9-17(14)21)13-16-7-3-6-15-8-4-11-20-19(15)16/h1-9,11H,10,12-13H2. The molecule has 1 aromatic heterocycles. The van der Waals surface area contributed by atoms with Gasteiger partial charge in [0.05, 0.1) is 11.9 Å². The Morgan fingerprint density at radius 1 is 1.05 bits per heavy atom. The van der Waals surface area contributed by atoms with E-state index in [0.29, 0.717) is 6.42 Å². The molecule has 0 saturated carbocycles. The number of hydrogen-bond acceptors (Lipinski definition) is 2. The second-order valence-corrected chi connectivity index (χ2v) is 5.59. The van der Waals surface area contributed by atoms with E-state index < -0.39 is 0 Å². The topological polar surface area (TPSA) is 33.2 Å². The van der Waals surface area contributed by atoms with Crippen LogP contribution in [0.4, 0.5) is 5.69 Å². The van der Waals surface area contributed by atoms with Crippen molar-refractivity contribution >= 4 is 22.5 Å². The van der Waals surface area contributed by atoms with Gasteiger partial charge in [0, 0.05) is 23.8 Å². The van der Waals surface area contributed by atoms with Crippen molar-refractivity contribution in [1.29, 1.82) is 0 Å². The molecule has 2 heterocycles. The minimum absolute atomic E-state index is 0.142. The van der Waals surface area contributed by atoms with Gasteiger partial charge in [0.1, 0.15) is 0 Å².